The van der Waals surface area contributed by atoms with E-state index in [-0.39, 0.29) is 18.5 Å². The van der Waals surface area contributed by atoms with Crippen molar-refractivity contribution >= 4 is 11.9 Å². The molecule has 0 aromatic heterocycles. The van der Waals surface area contributed by atoms with Gasteiger partial charge in [-0.3, -0.25) is 9.59 Å². The van der Waals surface area contributed by atoms with Crippen LogP contribution in [0.5, 0.6) is 0 Å². The summed E-state index contributed by atoms with van der Waals surface area (Å²) in [5.41, 5.74) is 0. The maximum absolute atomic E-state index is 12.4. The van der Waals surface area contributed by atoms with Crippen LogP contribution in [0.25, 0.3) is 0 Å². The summed E-state index contributed by atoms with van der Waals surface area (Å²) in [6.45, 7) is 4.91. The van der Waals surface area contributed by atoms with E-state index >= 15 is 0 Å². The lowest BCUT2D eigenvalue weighted by atomic mass is 10.0. The van der Waals surface area contributed by atoms with E-state index in [1.54, 1.807) is 6.08 Å². The minimum atomic E-state index is -0.840. The molecule has 3 N–H and O–H groups in total. The molecule has 1 amide bonds. The molecule has 472 valence electrons. The molecular formula is C74H141NO5. The summed E-state index contributed by atoms with van der Waals surface area (Å²) in [6, 6.07) is -0.623. The molecule has 0 aromatic rings. The molecular weight excluding hydrogens is 983 g/mol. The van der Waals surface area contributed by atoms with E-state index < -0.39 is 12.1 Å². The van der Waals surface area contributed by atoms with Crippen molar-refractivity contribution in [3.63, 3.8) is 0 Å². The van der Waals surface area contributed by atoms with Crippen LogP contribution in [0.4, 0.5) is 0 Å². The molecule has 2 atom stereocenters. The summed E-state index contributed by atoms with van der Waals surface area (Å²) in [4.78, 5) is 24.5. The Balaban J connectivity index is 3.31. The second kappa shape index (κ2) is 69.6. The van der Waals surface area contributed by atoms with Crippen molar-refractivity contribution in [1.29, 1.82) is 0 Å². The van der Waals surface area contributed by atoms with Crippen LogP contribution in [0.2, 0.25) is 0 Å². The number of unbranched alkanes of at least 4 members (excludes halogenated alkanes) is 53. The molecule has 0 aliphatic rings. The van der Waals surface area contributed by atoms with Gasteiger partial charge >= 0.3 is 5.97 Å². The number of nitrogens with one attached hydrogen (secondary N) is 1. The Labute approximate surface area is 500 Å². The third kappa shape index (κ3) is 65.2. The third-order valence-corrected chi connectivity index (χ3v) is 16.9. The molecule has 6 heteroatoms. The monoisotopic (exact) mass is 1120 g/mol. The first-order chi connectivity index (χ1) is 39.5. The van der Waals surface area contributed by atoms with Gasteiger partial charge in [-0.15, -0.1) is 0 Å². The Kier molecular flexibility index (Phi) is 67.9. The van der Waals surface area contributed by atoms with Gasteiger partial charge in [0.1, 0.15) is 0 Å². The van der Waals surface area contributed by atoms with Gasteiger partial charge in [0.05, 0.1) is 25.4 Å². The van der Waals surface area contributed by atoms with Gasteiger partial charge in [-0.25, -0.2) is 0 Å². The average Bonchev–Trinajstić information content (AvgIpc) is 3.46. The topological polar surface area (TPSA) is 95.9 Å². The zero-order valence-corrected chi connectivity index (χ0v) is 54.1. The van der Waals surface area contributed by atoms with Crippen molar-refractivity contribution in [1.82, 2.24) is 5.32 Å². The standard InChI is InChI=1S/C74H141NO5/c1-3-5-7-9-11-13-15-16-17-42-45-48-52-56-60-64-68-74(79)80-69-65-61-57-53-49-46-43-40-38-36-34-32-30-28-26-24-22-20-18-19-21-23-25-27-29-31-33-35-37-39-41-44-47-51-55-59-63-67-73(78)75-71(70-76)72(77)66-62-58-54-50-14-12-10-8-6-4-2/h17-18,20,42,62,66,71-72,76-77H,3-16,19,21-41,43-61,63-65,67-70H2,1-2H3,(H,75,78)/b20-18-,42-17-,66-62+. The van der Waals surface area contributed by atoms with Crippen molar-refractivity contribution < 1.29 is 24.5 Å². The molecule has 2 unspecified atom stereocenters. The minimum absolute atomic E-state index is 0.0142. The third-order valence-electron chi connectivity index (χ3n) is 16.9. The number of carbonyl (C=O) groups is 2. The molecule has 0 aromatic carbocycles. The van der Waals surface area contributed by atoms with Gasteiger partial charge in [0.15, 0.2) is 0 Å². The highest BCUT2D eigenvalue weighted by molar-refractivity contribution is 5.76. The second-order valence-corrected chi connectivity index (χ2v) is 24.9. The van der Waals surface area contributed by atoms with Gasteiger partial charge in [0.25, 0.3) is 0 Å². The summed E-state index contributed by atoms with van der Waals surface area (Å²) in [7, 11) is 0. The molecule has 0 spiro atoms. The lowest BCUT2D eigenvalue weighted by molar-refractivity contribution is -0.143. The molecule has 0 fully saturated rings. The molecule has 0 saturated carbocycles. The van der Waals surface area contributed by atoms with E-state index in [1.165, 1.54) is 327 Å². The fourth-order valence-electron chi connectivity index (χ4n) is 11.3. The molecule has 6 nitrogen and oxygen atoms in total. The van der Waals surface area contributed by atoms with Crippen LogP contribution in [0, 0.1) is 0 Å². The number of aliphatic hydroxyl groups is 2. The zero-order chi connectivity index (χ0) is 57.8. The summed E-state index contributed by atoms with van der Waals surface area (Å²) in [5, 5.41) is 23.0. The Morgan fingerprint density at radius 1 is 0.338 bits per heavy atom. The number of esters is 1. The molecule has 0 rings (SSSR count). The van der Waals surface area contributed by atoms with E-state index in [1.807, 2.05) is 6.08 Å². The highest BCUT2D eigenvalue weighted by atomic mass is 16.5. The minimum Gasteiger partial charge on any atom is -0.466 e. The number of ether oxygens (including phenoxy) is 1. The fraction of sp³-hybridized carbons (Fsp3) is 0.892. The number of rotatable bonds is 68. The first kappa shape index (κ1) is 78.1. The van der Waals surface area contributed by atoms with Crippen molar-refractivity contribution in [3.8, 4) is 0 Å². The van der Waals surface area contributed by atoms with E-state index in [2.05, 4.69) is 43.5 Å². The van der Waals surface area contributed by atoms with Crippen molar-refractivity contribution in [2.75, 3.05) is 13.2 Å². The van der Waals surface area contributed by atoms with Gasteiger partial charge in [-0.2, -0.15) is 0 Å². The predicted octanol–water partition coefficient (Wildman–Crippen LogP) is 23.5. The second-order valence-electron chi connectivity index (χ2n) is 24.9. The predicted molar refractivity (Wildman–Crippen MR) is 352 cm³/mol. The van der Waals surface area contributed by atoms with Crippen LogP contribution in [0.3, 0.4) is 0 Å². The number of hydrogen-bond acceptors (Lipinski definition) is 5. The quantitative estimate of drug-likeness (QED) is 0.0320. The van der Waals surface area contributed by atoms with Gasteiger partial charge < -0.3 is 20.3 Å². The van der Waals surface area contributed by atoms with Gasteiger partial charge in [0, 0.05) is 12.8 Å². The largest absolute Gasteiger partial charge is 0.466 e. The molecule has 0 bridgehead atoms. The summed E-state index contributed by atoms with van der Waals surface area (Å²) >= 11 is 0. The Morgan fingerprint density at radius 2 is 0.588 bits per heavy atom. The first-order valence-electron chi connectivity index (χ1n) is 36.3. The molecule has 0 aliphatic carbocycles. The van der Waals surface area contributed by atoms with Crippen LogP contribution < -0.4 is 5.32 Å². The van der Waals surface area contributed by atoms with Crippen molar-refractivity contribution in [2.45, 2.75) is 411 Å². The van der Waals surface area contributed by atoms with Crippen LogP contribution in [0.1, 0.15) is 399 Å². The molecule has 0 saturated heterocycles. The maximum atomic E-state index is 12.4. The summed E-state index contributed by atoms with van der Waals surface area (Å²) < 4.78 is 5.50. The summed E-state index contributed by atoms with van der Waals surface area (Å²) in [6.07, 6.45) is 89.7. The van der Waals surface area contributed by atoms with E-state index in [9.17, 15) is 19.8 Å². The Morgan fingerprint density at radius 3 is 0.887 bits per heavy atom. The molecule has 0 radical (unpaired) electrons. The maximum Gasteiger partial charge on any atom is 0.305 e. The highest BCUT2D eigenvalue weighted by Crippen LogP contribution is 2.18. The Bertz CT molecular complexity index is 1300. The smallest absolute Gasteiger partial charge is 0.305 e. The number of carbonyl (C=O) groups excluding carboxylic acids is 2. The molecule has 0 heterocycles. The van der Waals surface area contributed by atoms with Gasteiger partial charge in [-0.1, -0.05) is 339 Å². The van der Waals surface area contributed by atoms with E-state index in [0.29, 0.717) is 19.4 Å². The van der Waals surface area contributed by atoms with E-state index in [0.717, 1.165) is 44.9 Å². The number of amides is 1. The fourth-order valence-corrected chi connectivity index (χ4v) is 11.3. The van der Waals surface area contributed by atoms with Crippen LogP contribution in [0.15, 0.2) is 36.5 Å². The highest BCUT2D eigenvalue weighted by Gasteiger charge is 2.18. The van der Waals surface area contributed by atoms with Gasteiger partial charge in [0.2, 0.25) is 5.91 Å². The lowest BCUT2D eigenvalue weighted by Gasteiger charge is -2.20. The summed E-state index contributed by atoms with van der Waals surface area (Å²) in [5.74, 6) is -0.0504. The normalized spacial score (nSPS) is 12.7. The van der Waals surface area contributed by atoms with Crippen molar-refractivity contribution in [2.24, 2.45) is 0 Å². The van der Waals surface area contributed by atoms with Crippen LogP contribution in [-0.4, -0.2) is 47.4 Å². The zero-order valence-electron chi connectivity index (χ0n) is 54.1. The number of aliphatic hydroxyl groups excluding tert-OH is 2. The number of hydrogen-bond donors (Lipinski definition) is 3. The van der Waals surface area contributed by atoms with E-state index in [4.69, 9.17) is 4.74 Å². The first-order valence-corrected chi connectivity index (χ1v) is 36.3. The Hall–Kier alpha value is -1.92. The van der Waals surface area contributed by atoms with Crippen molar-refractivity contribution in [3.05, 3.63) is 36.5 Å². The van der Waals surface area contributed by atoms with Gasteiger partial charge in [-0.05, 0) is 83.5 Å². The number of allylic oxidation sites excluding steroid dienone is 5. The average molecular weight is 1120 g/mol. The van der Waals surface area contributed by atoms with Crippen LogP contribution >= 0.6 is 0 Å². The molecule has 80 heavy (non-hydrogen) atoms. The SMILES string of the molecule is CCCCCCCCC/C=C\CCCCCCCC(=O)OCCCCCCCCCCCCCCCCCC/C=C\CCCCCCCCCCCCCCCCCCCC(=O)NC(CO)C(O)/C=C/CCCCCCCCCC. The lowest BCUT2D eigenvalue weighted by Crippen LogP contribution is -2.45. The van der Waals surface area contributed by atoms with Crippen LogP contribution in [-0.2, 0) is 14.3 Å². The molecule has 0 aliphatic heterocycles.